The van der Waals surface area contributed by atoms with Crippen LogP contribution in [0, 0.1) is 6.92 Å². The SMILES string of the molecule is Cc1cc2c(c(NC(=O)c3ccc(NS(=O)(=O)C(C)(C)C)cc3)c1)CCCC2. The van der Waals surface area contributed by atoms with E-state index in [0.29, 0.717) is 11.3 Å². The van der Waals surface area contributed by atoms with Gasteiger partial charge in [0.15, 0.2) is 0 Å². The van der Waals surface area contributed by atoms with Crippen molar-refractivity contribution in [3.63, 3.8) is 0 Å². The first-order chi connectivity index (χ1) is 13.1. The molecule has 1 aliphatic rings. The number of anilines is 2. The fourth-order valence-corrected chi connectivity index (χ4v) is 4.08. The number of aryl methyl sites for hydroxylation is 2. The van der Waals surface area contributed by atoms with E-state index in [9.17, 15) is 13.2 Å². The standard InChI is InChI=1S/C22H28N2O3S/c1-15-13-17-7-5-6-8-19(17)20(14-15)23-21(25)16-9-11-18(12-10-16)24-28(26,27)22(2,3)4/h9-14,24H,5-8H2,1-4H3,(H,23,25). The van der Waals surface area contributed by atoms with Gasteiger partial charge in [-0.2, -0.15) is 0 Å². The predicted molar refractivity (Wildman–Crippen MR) is 115 cm³/mol. The third kappa shape index (κ3) is 4.38. The summed E-state index contributed by atoms with van der Waals surface area (Å²) in [7, 11) is -3.50. The molecule has 28 heavy (non-hydrogen) atoms. The van der Waals surface area contributed by atoms with Gasteiger partial charge in [0, 0.05) is 16.9 Å². The highest BCUT2D eigenvalue weighted by molar-refractivity contribution is 7.94. The van der Waals surface area contributed by atoms with E-state index in [-0.39, 0.29) is 5.91 Å². The lowest BCUT2D eigenvalue weighted by Crippen LogP contribution is -2.33. The third-order valence-electron chi connectivity index (χ3n) is 5.06. The zero-order valence-electron chi connectivity index (χ0n) is 16.9. The molecule has 0 aliphatic heterocycles. The van der Waals surface area contributed by atoms with Gasteiger partial charge in [-0.3, -0.25) is 9.52 Å². The Balaban J connectivity index is 1.77. The topological polar surface area (TPSA) is 75.3 Å². The van der Waals surface area contributed by atoms with E-state index in [1.807, 2.05) is 13.0 Å². The quantitative estimate of drug-likeness (QED) is 0.783. The van der Waals surface area contributed by atoms with Gasteiger partial charge >= 0.3 is 0 Å². The maximum atomic E-state index is 12.7. The summed E-state index contributed by atoms with van der Waals surface area (Å²) in [6.45, 7) is 6.96. The normalized spacial score (nSPS) is 14.3. The largest absolute Gasteiger partial charge is 0.322 e. The second-order valence-electron chi connectivity index (χ2n) is 8.41. The lowest BCUT2D eigenvalue weighted by atomic mass is 9.89. The van der Waals surface area contributed by atoms with Gasteiger partial charge in [-0.1, -0.05) is 6.07 Å². The van der Waals surface area contributed by atoms with Crippen molar-refractivity contribution in [2.45, 2.75) is 58.1 Å². The summed E-state index contributed by atoms with van der Waals surface area (Å²) in [4.78, 5) is 12.7. The van der Waals surface area contributed by atoms with Gasteiger partial charge in [0.25, 0.3) is 5.91 Å². The van der Waals surface area contributed by atoms with E-state index in [1.165, 1.54) is 17.5 Å². The summed E-state index contributed by atoms with van der Waals surface area (Å²) in [5.74, 6) is -0.191. The Labute approximate surface area is 167 Å². The van der Waals surface area contributed by atoms with Crippen molar-refractivity contribution in [2.75, 3.05) is 10.0 Å². The minimum absolute atomic E-state index is 0.191. The minimum atomic E-state index is -3.50. The number of sulfonamides is 1. The molecule has 0 radical (unpaired) electrons. The third-order valence-corrected chi connectivity index (χ3v) is 7.18. The zero-order chi connectivity index (χ0) is 20.5. The van der Waals surface area contributed by atoms with Crippen molar-refractivity contribution in [3.8, 4) is 0 Å². The monoisotopic (exact) mass is 400 g/mol. The number of benzene rings is 2. The molecule has 1 aliphatic carbocycles. The minimum Gasteiger partial charge on any atom is -0.322 e. The average Bonchev–Trinajstić information content (AvgIpc) is 2.61. The molecule has 1 amide bonds. The van der Waals surface area contributed by atoms with Crippen LogP contribution in [0.5, 0.6) is 0 Å². The number of carbonyl (C=O) groups is 1. The summed E-state index contributed by atoms with van der Waals surface area (Å²) in [6, 6.07) is 10.7. The Kier molecular flexibility index (Phi) is 5.53. The fourth-order valence-electron chi connectivity index (χ4n) is 3.33. The van der Waals surface area contributed by atoms with Crippen LogP contribution in [-0.4, -0.2) is 19.1 Å². The fraction of sp³-hybridized carbons (Fsp3) is 0.409. The number of carbonyl (C=O) groups excluding carboxylic acids is 1. The second-order valence-corrected chi connectivity index (χ2v) is 10.8. The number of amides is 1. The van der Waals surface area contributed by atoms with Gasteiger partial charge in [-0.05, 0) is 100 Å². The Bertz CT molecular complexity index is 988. The zero-order valence-corrected chi connectivity index (χ0v) is 17.7. The molecule has 150 valence electrons. The van der Waals surface area contributed by atoms with E-state index in [1.54, 1.807) is 45.0 Å². The number of hydrogen-bond donors (Lipinski definition) is 2. The van der Waals surface area contributed by atoms with Gasteiger partial charge in [0.05, 0.1) is 4.75 Å². The molecule has 0 unspecified atom stereocenters. The average molecular weight is 401 g/mol. The van der Waals surface area contributed by atoms with Crippen molar-refractivity contribution < 1.29 is 13.2 Å². The van der Waals surface area contributed by atoms with Crippen LogP contribution in [-0.2, 0) is 22.9 Å². The Morgan fingerprint density at radius 3 is 2.29 bits per heavy atom. The number of rotatable bonds is 4. The molecule has 0 atom stereocenters. The van der Waals surface area contributed by atoms with Crippen molar-refractivity contribution in [1.29, 1.82) is 0 Å². The highest BCUT2D eigenvalue weighted by Gasteiger charge is 2.28. The lowest BCUT2D eigenvalue weighted by Gasteiger charge is -2.21. The molecule has 2 aromatic carbocycles. The van der Waals surface area contributed by atoms with Crippen LogP contribution in [0.1, 0.15) is 60.7 Å². The molecule has 0 bridgehead atoms. The van der Waals surface area contributed by atoms with Crippen LogP contribution < -0.4 is 10.0 Å². The van der Waals surface area contributed by atoms with Crippen LogP contribution in [0.4, 0.5) is 11.4 Å². The first-order valence-corrected chi connectivity index (χ1v) is 11.1. The molecule has 2 N–H and O–H groups in total. The van der Waals surface area contributed by atoms with Crippen molar-refractivity contribution in [1.82, 2.24) is 0 Å². The maximum Gasteiger partial charge on any atom is 0.255 e. The molecule has 0 fully saturated rings. The molecule has 6 heteroatoms. The van der Waals surface area contributed by atoms with Gasteiger partial charge in [0.1, 0.15) is 0 Å². The number of nitrogens with one attached hydrogen (secondary N) is 2. The summed E-state index contributed by atoms with van der Waals surface area (Å²) >= 11 is 0. The van der Waals surface area contributed by atoms with Crippen LogP contribution in [0.3, 0.4) is 0 Å². The van der Waals surface area contributed by atoms with Gasteiger partial charge in [-0.15, -0.1) is 0 Å². The van der Waals surface area contributed by atoms with E-state index in [0.717, 1.165) is 30.5 Å². The molecular formula is C22H28N2O3S. The van der Waals surface area contributed by atoms with Crippen molar-refractivity contribution >= 4 is 27.3 Å². The first-order valence-electron chi connectivity index (χ1n) is 9.63. The maximum absolute atomic E-state index is 12.7. The van der Waals surface area contributed by atoms with E-state index >= 15 is 0 Å². The molecule has 0 spiro atoms. The molecule has 3 rings (SSSR count). The smallest absolute Gasteiger partial charge is 0.255 e. The lowest BCUT2D eigenvalue weighted by molar-refractivity contribution is 0.102. The van der Waals surface area contributed by atoms with Crippen LogP contribution in [0.25, 0.3) is 0 Å². The molecule has 5 nitrogen and oxygen atoms in total. The second kappa shape index (κ2) is 7.59. The highest BCUT2D eigenvalue weighted by atomic mass is 32.2. The Hall–Kier alpha value is -2.34. The van der Waals surface area contributed by atoms with Crippen LogP contribution in [0.2, 0.25) is 0 Å². The van der Waals surface area contributed by atoms with E-state index < -0.39 is 14.8 Å². The molecule has 0 saturated carbocycles. The van der Waals surface area contributed by atoms with Gasteiger partial charge in [-0.25, -0.2) is 8.42 Å². The predicted octanol–water partition coefficient (Wildman–Crippen LogP) is 4.67. The van der Waals surface area contributed by atoms with Gasteiger partial charge in [0.2, 0.25) is 10.0 Å². The summed E-state index contributed by atoms with van der Waals surface area (Å²) < 4.78 is 26.2. The Morgan fingerprint density at radius 2 is 1.64 bits per heavy atom. The first kappa shape index (κ1) is 20.4. The van der Waals surface area contributed by atoms with Crippen molar-refractivity contribution in [3.05, 3.63) is 58.7 Å². The summed E-state index contributed by atoms with van der Waals surface area (Å²) in [5, 5.41) is 3.04. The summed E-state index contributed by atoms with van der Waals surface area (Å²) in [6.07, 6.45) is 4.37. The summed E-state index contributed by atoms with van der Waals surface area (Å²) in [5.41, 5.74) is 5.53. The molecule has 2 aromatic rings. The van der Waals surface area contributed by atoms with E-state index in [2.05, 4.69) is 16.1 Å². The molecule has 0 heterocycles. The highest BCUT2D eigenvalue weighted by Crippen LogP contribution is 2.30. The van der Waals surface area contributed by atoms with E-state index in [4.69, 9.17) is 0 Å². The molecular weight excluding hydrogens is 372 g/mol. The van der Waals surface area contributed by atoms with Gasteiger partial charge < -0.3 is 5.32 Å². The van der Waals surface area contributed by atoms with Crippen molar-refractivity contribution in [2.24, 2.45) is 0 Å². The molecule has 0 saturated heterocycles. The number of fused-ring (bicyclic) bond motifs is 1. The number of hydrogen-bond acceptors (Lipinski definition) is 3. The van der Waals surface area contributed by atoms with Crippen LogP contribution in [0.15, 0.2) is 36.4 Å². The van der Waals surface area contributed by atoms with Crippen LogP contribution >= 0.6 is 0 Å². The Morgan fingerprint density at radius 1 is 1.00 bits per heavy atom. The molecule has 0 aromatic heterocycles.